The predicted octanol–water partition coefficient (Wildman–Crippen LogP) is 14.0. The molecular weight excluding hydrogens is 691 g/mol. The molecule has 0 aromatic carbocycles. The van der Waals surface area contributed by atoms with Crippen molar-refractivity contribution in [3.63, 3.8) is 0 Å². The van der Waals surface area contributed by atoms with Gasteiger partial charge in [-0.05, 0) is 74.9 Å². The average Bonchev–Trinajstić information content (AvgIpc) is 3.30. The number of carbonyl (C=O) groups excluding carboxylic acids is 1. The Bertz CT molecular complexity index is 904. The molecule has 0 bridgehead atoms. The molecule has 0 aromatic heterocycles. The van der Waals surface area contributed by atoms with Crippen molar-refractivity contribution >= 4 is 22.6 Å². The quantitative estimate of drug-likeness (QED) is 0.0396. The third-order valence-electron chi connectivity index (χ3n) is 12.4. The number of hydrogen-bond acceptors (Lipinski definition) is 6. The van der Waals surface area contributed by atoms with E-state index < -0.39 is 28.5 Å². The minimum atomic E-state index is -1.97. The number of hydrogen-bond donors (Lipinski definition) is 0. The molecule has 1 rings (SSSR count). The molecule has 6 nitrogen and oxygen atoms in total. The molecule has 1 fully saturated rings. The monoisotopic (exact) mass is 784 g/mol. The van der Waals surface area contributed by atoms with Crippen molar-refractivity contribution < 1.29 is 23.1 Å². The van der Waals surface area contributed by atoms with Crippen molar-refractivity contribution in [2.75, 3.05) is 19.6 Å². The summed E-state index contributed by atoms with van der Waals surface area (Å²) in [6.45, 7) is 35.0. The van der Waals surface area contributed by atoms with Gasteiger partial charge in [0, 0.05) is 26.9 Å². The maximum Gasteiger partial charge on any atom is 0.337 e. The number of ether oxygens (including phenoxy) is 2. The van der Waals surface area contributed by atoms with E-state index in [0.29, 0.717) is 6.42 Å². The topological polar surface area (TPSA) is 57.2 Å². The van der Waals surface area contributed by atoms with Crippen LogP contribution in [0.3, 0.4) is 0 Å². The maximum atomic E-state index is 12.5. The number of esters is 1. The van der Waals surface area contributed by atoms with Gasteiger partial charge in [-0.1, -0.05) is 158 Å². The van der Waals surface area contributed by atoms with Crippen molar-refractivity contribution in [2.24, 2.45) is 0 Å². The van der Waals surface area contributed by atoms with E-state index in [1.165, 1.54) is 103 Å². The zero-order chi connectivity index (χ0) is 40.2. The van der Waals surface area contributed by atoms with Gasteiger partial charge in [-0.2, -0.15) is 0 Å². The summed E-state index contributed by atoms with van der Waals surface area (Å²) in [6, 6.07) is 0. The summed E-state index contributed by atoms with van der Waals surface area (Å²) in [5, 5.41) is 0.340. The largest absolute Gasteiger partial charge is 0.432 e. The van der Waals surface area contributed by atoms with E-state index >= 15 is 0 Å². The van der Waals surface area contributed by atoms with Crippen LogP contribution < -0.4 is 0 Å². The predicted molar refractivity (Wildman–Crippen MR) is 234 cm³/mol. The molecular formula is C45H93NO5Si2. The Balaban J connectivity index is 3.17. The zero-order valence-corrected chi connectivity index (χ0v) is 40.2. The van der Waals surface area contributed by atoms with Gasteiger partial charge in [0.1, 0.15) is 0 Å². The van der Waals surface area contributed by atoms with Crippen molar-refractivity contribution in [2.45, 2.75) is 264 Å². The molecule has 1 saturated heterocycles. The molecule has 53 heavy (non-hydrogen) atoms. The smallest absolute Gasteiger partial charge is 0.337 e. The third-order valence-corrected chi connectivity index (χ3v) is 21.5. The average molecular weight is 784 g/mol. The fourth-order valence-electron chi connectivity index (χ4n) is 6.97. The molecule has 0 radical (unpaired) electrons. The van der Waals surface area contributed by atoms with E-state index in [-0.39, 0.29) is 28.3 Å². The number of cyclic esters (lactones) is 1. The molecule has 0 aliphatic carbocycles. The SMILES string of the molecule is CCCCCCCCCCC(CN(CCCCC1OC(C)(C)OC1=O)C[C@@H](CCCCCCCCCC)O[Si](C)(C)C(C)(C)C)O[Si](C)(C)C(C)(C)C. The summed E-state index contributed by atoms with van der Waals surface area (Å²) < 4.78 is 26.0. The first kappa shape index (κ1) is 50.8. The lowest BCUT2D eigenvalue weighted by atomic mass is 10.0. The Morgan fingerprint density at radius 1 is 0.623 bits per heavy atom. The Labute approximate surface area is 333 Å². The van der Waals surface area contributed by atoms with Crippen molar-refractivity contribution in [1.82, 2.24) is 4.90 Å². The van der Waals surface area contributed by atoms with Gasteiger partial charge < -0.3 is 18.3 Å². The molecule has 0 aromatic rings. The zero-order valence-electron chi connectivity index (χ0n) is 38.2. The van der Waals surface area contributed by atoms with Gasteiger partial charge in [0.05, 0.1) is 12.2 Å². The van der Waals surface area contributed by atoms with Crippen LogP contribution in [0, 0.1) is 0 Å². The van der Waals surface area contributed by atoms with Gasteiger partial charge >= 0.3 is 5.97 Å². The van der Waals surface area contributed by atoms with E-state index in [2.05, 4.69) is 86.5 Å². The standard InChI is InChI=1S/C45H93NO5Si2/c1-15-17-19-21-23-25-27-29-33-39(50-52(11,12)43(3,4)5)37-46(36-32-31-35-41-42(47)49-45(9,10)48-41)38-40(51-53(13,14)44(6,7)8)34-30-28-26-24-22-20-18-16-2/h39-41H,15-38H2,1-14H3/t39-,40?,41?/m1/s1. The summed E-state index contributed by atoms with van der Waals surface area (Å²) in [5.41, 5.74) is 0. The van der Waals surface area contributed by atoms with Gasteiger partial charge in [0.15, 0.2) is 22.7 Å². The molecule has 3 atom stereocenters. The van der Waals surface area contributed by atoms with Crippen LogP contribution >= 0.6 is 0 Å². The Morgan fingerprint density at radius 2 is 1.00 bits per heavy atom. The number of nitrogens with zero attached hydrogens (tertiary/aromatic N) is 1. The van der Waals surface area contributed by atoms with E-state index in [9.17, 15) is 4.79 Å². The highest BCUT2D eigenvalue weighted by molar-refractivity contribution is 6.74. The second-order valence-corrected chi connectivity index (χ2v) is 29.7. The number of rotatable bonds is 31. The minimum Gasteiger partial charge on any atom is -0.432 e. The molecule has 1 aliphatic heterocycles. The van der Waals surface area contributed by atoms with Crippen molar-refractivity contribution in [3.8, 4) is 0 Å². The molecule has 2 unspecified atom stereocenters. The van der Waals surface area contributed by atoms with Crippen LogP contribution in [0.4, 0.5) is 0 Å². The Kier molecular flexibility index (Phi) is 24.1. The molecule has 1 heterocycles. The van der Waals surface area contributed by atoms with E-state index in [1.807, 2.05) is 13.8 Å². The van der Waals surface area contributed by atoms with E-state index in [1.54, 1.807) is 0 Å². The van der Waals surface area contributed by atoms with Crippen LogP contribution in [0.25, 0.3) is 0 Å². The molecule has 8 heteroatoms. The highest BCUT2D eigenvalue weighted by Crippen LogP contribution is 2.39. The lowest BCUT2D eigenvalue weighted by Crippen LogP contribution is -2.50. The second kappa shape index (κ2) is 25.2. The lowest BCUT2D eigenvalue weighted by Gasteiger charge is -2.42. The van der Waals surface area contributed by atoms with Gasteiger partial charge in [-0.3, -0.25) is 4.90 Å². The van der Waals surface area contributed by atoms with Gasteiger partial charge in [-0.15, -0.1) is 0 Å². The molecule has 0 saturated carbocycles. The van der Waals surface area contributed by atoms with Gasteiger partial charge in [-0.25, -0.2) is 4.79 Å². The highest BCUT2D eigenvalue weighted by atomic mass is 28.4. The van der Waals surface area contributed by atoms with Crippen LogP contribution in [0.1, 0.15) is 204 Å². The summed E-state index contributed by atoms with van der Waals surface area (Å²) in [7, 11) is -3.93. The first-order valence-corrected chi connectivity index (χ1v) is 28.4. The molecule has 0 amide bonds. The minimum absolute atomic E-state index is 0.170. The van der Waals surface area contributed by atoms with Crippen LogP contribution in [0.5, 0.6) is 0 Å². The van der Waals surface area contributed by atoms with Crippen LogP contribution in [0.2, 0.25) is 36.3 Å². The normalized spacial score (nSPS) is 18.2. The molecule has 0 spiro atoms. The van der Waals surface area contributed by atoms with Crippen LogP contribution in [-0.2, 0) is 23.1 Å². The lowest BCUT2D eigenvalue weighted by molar-refractivity contribution is -0.160. The first-order chi connectivity index (χ1) is 24.6. The third kappa shape index (κ3) is 21.7. The number of carbonyl (C=O) groups is 1. The fourth-order valence-corrected chi connectivity index (χ4v) is 9.73. The summed E-state index contributed by atoms with van der Waals surface area (Å²) in [6.07, 6.45) is 26.2. The molecule has 0 N–H and O–H groups in total. The Hall–Kier alpha value is -0.256. The summed E-state index contributed by atoms with van der Waals surface area (Å²) in [4.78, 5) is 15.2. The summed E-state index contributed by atoms with van der Waals surface area (Å²) >= 11 is 0. The summed E-state index contributed by atoms with van der Waals surface area (Å²) in [5.74, 6) is -1.03. The van der Waals surface area contributed by atoms with Crippen LogP contribution in [0.15, 0.2) is 0 Å². The second-order valence-electron chi connectivity index (χ2n) is 20.2. The van der Waals surface area contributed by atoms with Crippen LogP contribution in [-0.4, -0.2) is 71.2 Å². The first-order valence-electron chi connectivity index (χ1n) is 22.6. The van der Waals surface area contributed by atoms with E-state index in [4.69, 9.17) is 18.3 Å². The fraction of sp³-hybridized carbons (Fsp3) is 0.978. The maximum absolute atomic E-state index is 12.5. The van der Waals surface area contributed by atoms with E-state index in [0.717, 1.165) is 45.3 Å². The van der Waals surface area contributed by atoms with Crippen molar-refractivity contribution in [1.29, 1.82) is 0 Å². The highest BCUT2D eigenvalue weighted by Gasteiger charge is 2.42. The van der Waals surface area contributed by atoms with Gasteiger partial charge in [0.2, 0.25) is 5.79 Å². The number of unbranched alkanes of at least 4 members (excludes halogenated alkanes) is 15. The Morgan fingerprint density at radius 3 is 1.34 bits per heavy atom. The van der Waals surface area contributed by atoms with Gasteiger partial charge in [0.25, 0.3) is 0 Å². The molecule has 1 aliphatic rings. The van der Waals surface area contributed by atoms with Crippen molar-refractivity contribution in [3.05, 3.63) is 0 Å². The molecule has 316 valence electrons.